The second kappa shape index (κ2) is 5.81. The standard InChI is InChI=1S/C17H12N2O4/c18-9-15-14-8-12(23-11-4-2-1-3-5-11)6-7-13(14)17(22)19(15)10-16(20)21/h1-8,15H,10H2,(H,20,21). The van der Waals surface area contributed by atoms with Crippen LogP contribution in [-0.4, -0.2) is 28.4 Å². The van der Waals surface area contributed by atoms with Crippen LogP contribution in [0.1, 0.15) is 22.0 Å². The number of fused-ring (bicyclic) bond motifs is 1. The van der Waals surface area contributed by atoms with Gasteiger partial charge in [0.05, 0.1) is 6.07 Å². The molecule has 0 saturated heterocycles. The highest BCUT2D eigenvalue weighted by molar-refractivity contribution is 6.01. The van der Waals surface area contributed by atoms with Gasteiger partial charge in [-0.1, -0.05) is 18.2 Å². The normalized spacial score (nSPS) is 15.9. The van der Waals surface area contributed by atoms with Gasteiger partial charge in [0.2, 0.25) is 0 Å². The molecule has 3 rings (SSSR count). The summed E-state index contributed by atoms with van der Waals surface area (Å²) in [5.74, 6) is -0.500. The van der Waals surface area contributed by atoms with Crippen molar-refractivity contribution in [1.29, 1.82) is 5.26 Å². The Balaban J connectivity index is 1.93. The number of rotatable bonds is 4. The van der Waals surface area contributed by atoms with Gasteiger partial charge < -0.3 is 14.7 Å². The zero-order valence-electron chi connectivity index (χ0n) is 12.0. The smallest absolute Gasteiger partial charge is 0.323 e. The molecule has 0 bridgehead atoms. The minimum Gasteiger partial charge on any atom is -0.480 e. The first kappa shape index (κ1) is 14.6. The Morgan fingerprint density at radius 2 is 1.96 bits per heavy atom. The predicted molar refractivity (Wildman–Crippen MR) is 80.0 cm³/mol. The molecular formula is C17H12N2O4. The van der Waals surface area contributed by atoms with Gasteiger partial charge in [-0.05, 0) is 30.3 Å². The van der Waals surface area contributed by atoms with E-state index in [0.717, 1.165) is 4.90 Å². The summed E-state index contributed by atoms with van der Waals surface area (Å²) >= 11 is 0. The number of carboxylic acid groups (broad SMARTS) is 1. The van der Waals surface area contributed by atoms with Crippen LogP contribution in [0.4, 0.5) is 0 Å². The Bertz CT molecular complexity index is 811. The molecule has 1 aliphatic rings. The van der Waals surface area contributed by atoms with E-state index in [1.807, 2.05) is 24.3 Å². The van der Waals surface area contributed by atoms with Crippen LogP contribution in [0.3, 0.4) is 0 Å². The van der Waals surface area contributed by atoms with E-state index in [9.17, 15) is 14.9 Å². The van der Waals surface area contributed by atoms with Gasteiger partial charge in [0.15, 0.2) is 0 Å². The van der Waals surface area contributed by atoms with E-state index < -0.39 is 24.5 Å². The van der Waals surface area contributed by atoms with Crippen LogP contribution in [0, 0.1) is 11.3 Å². The molecule has 2 aromatic rings. The van der Waals surface area contributed by atoms with E-state index >= 15 is 0 Å². The highest BCUT2D eigenvalue weighted by Crippen LogP contribution is 2.36. The molecule has 114 valence electrons. The van der Waals surface area contributed by atoms with Gasteiger partial charge in [-0.3, -0.25) is 9.59 Å². The molecule has 2 aromatic carbocycles. The maximum absolute atomic E-state index is 12.2. The number of carbonyl (C=O) groups is 2. The van der Waals surface area contributed by atoms with Gasteiger partial charge in [0.1, 0.15) is 24.1 Å². The molecule has 0 spiro atoms. The highest BCUT2D eigenvalue weighted by atomic mass is 16.5. The Hall–Kier alpha value is -3.33. The lowest BCUT2D eigenvalue weighted by molar-refractivity contribution is -0.137. The SMILES string of the molecule is N#CC1c2cc(Oc3ccccc3)ccc2C(=O)N1CC(=O)O. The molecule has 0 saturated carbocycles. The van der Waals surface area contributed by atoms with Gasteiger partial charge in [0.25, 0.3) is 5.91 Å². The van der Waals surface area contributed by atoms with Gasteiger partial charge in [0, 0.05) is 11.1 Å². The zero-order chi connectivity index (χ0) is 16.4. The van der Waals surface area contributed by atoms with Gasteiger partial charge in [-0.15, -0.1) is 0 Å². The van der Waals surface area contributed by atoms with Crippen molar-refractivity contribution in [1.82, 2.24) is 4.90 Å². The summed E-state index contributed by atoms with van der Waals surface area (Å²) in [6.45, 7) is -0.513. The van der Waals surface area contributed by atoms with Crippen molar-refractivity contribution in [2.24, 2.45) is 0 Å². The van der Waals surface area contributed by atoms with Crippen molar-refractivity contribution in [3.8, 4) is 17.6 Å². The number of nitrogens with zero attached hydrogens (tertiary/aromatic N) is 2. The van der Waals surface area contributed by atoms with Crippen LogP contribution in [-0.2, 0) is 4.79 Å². The topological polar surface area (TPSA) is 90.6 Å². The zero-order valence-corrected chi connectivity index (χ0v) is 12.0. The fourth-order valence-electron chi connectivity index (χ4n) is 2.54. The lowest BCUT2D eigenvalue weighted by atomic mass is 10.1. The molecule has 1 amide bonds. The lowest BCUT2D eigenvalue weighted by Gasteiger charge is -2.17. The lowest BCUT2D eigenvalue weighted by Crippen LogP contribution is -2.32. The van der Waals surface area contributed by atoms with Gasteiger partial charge in [-0.25, -0.2) is 0 Å². The van der Waals surface area contributed by atoms with E-state index in [1.165, 1.54) is 0 Å². The minimum absolute atomic E-state index is 0.332. The largest absolute Gasteiger partial charge is 0.480 e. The predicted octanol–water partition coefficient (Wildman–Crippen LogP) is 2.58. The highest BCUT2D eigenvalue weighted by Gasteiger charge is 2.38. The first-order chi connectivity index (χ1) is 11.1. The second-order valence-corrected chi connectivity index (χ2v) is 5.02. The number of hydrogen-bond donors (Lipinski definition) is 1. The number of hydrogen-bond acceptors (Lipinski definition) is 4. The van der Waals surface area contributed by atoms with Crippen LogP contribution < -0.4 is 4.74 Å². The minimum atomic E-state index is -1.16. The third-order valence-corrected chi connectivity index (χ3v) is 3.53. The Morgan fingerprint density at radius 3 is 2.61 bits per heavy atom. The fourth-order valence-corrected chi connectivity index (χ4v) is 2.54. The van der Waals surface area contributed by atoms with Crippen LogP contribution >= 0.6 is 0 Å². The third kappa shape index (κ3) is 2.72. The summed E-state index contributed by atoms with van der Waals surface area (Å²) < 4.78 is 5.69. The average Bonchev–Trinajstić information content (AvgIpc) is 2.79. The van der Waals surface area contributed by atoms with Crippen LogP contribution in [0.5, 0.6) is 11.5 Å². The maximum atomic E-state index is 12.2. The number of para-hydroxylation sites is 1. The van der Waals surface area contributed by atoms with Crippen molar-refractivity contribution in [2.75, 3.05) is 6.54 Å². The number of amides is 1. The van der Waals surface area contributed by atoms with Crippen molar-refractivity contribution in [3.63, 3.8) is 0 Å². The molecule has 1 unspecified atom stereocenters. The number of carbonyl (C=O) groups excluding carboxylic acids is 1. The molecule has 1 N–H and O–H groups in total. The summed E-state index contributed by atoms with van der Waals surface area (Å²) in [6.07, 6.45) is 0. The van der Waals surface area contributed by atoms with Gasteiger partial charge in [-0.2, -0.15) is 5.26 Å². The number of carboxylic acids is 1. The van der Waals surface area contributed by atoms with E-state index in [1.54, 1.807) is 30.3 Å². The van der Waals surface area contributed by atoms with Crippen molar-refractivity contribution >= 4 is 11.9 Å². The molecule has 6 heteroatoms. The summed E-state index contributed by atoms with van der Waals surface area (Å²) in [5, 5.41) is 18.2. The number of ether oxygens (including phenoxy) is 1. The number of nitriles is 1. The first-order valence-corrected chi connectivity index (χ1v) is 6.89. The Morgan fingerprint density at radius 1 is 1.22 bits per heavy atom. The average molecular weight is 308 g/mol. The summed E-state index contributed by atoms with van der Waals surface area (Å²) in [5.41, 5.74) is 0.797. The molecule has 1 heterocycles. The quantitative estimate of drug-likeness (QED) is 0.937. The van der Waals surface area contributed by atoms with Crippen LogP contribution in [0.2, 0.25) is 0 Å². The molecule has 0 radical (unpaired) electrons. The molecular weight excluding hydrogens is 296 g/mol. The first-order valence-electron chi connectivity index (χ1n) is 6.89. The summed E-state index contributed by atoms with van der Waals surface area (Å²) in [4.78, 5) is 24.2. The van der Waals surface area contributed by atoms with E-state index in [0.29, 0.717) is 22.6 Å². The summed E-state index contributed by atoms with van der Waals surface area (Å²) in [7, 11) is 0. The van der Waals surface area contributed by atoms with Crippen molar-refractivity contribution < 1.29 is 19.4 Å². The monoisotopic (exact) mass is 308 g/mol. The number of aliphatic carboxylic acids is 1. The molecule has 0 aromatic heterocycles. The second-order valence-electron chi connectivity index (χ2n) is 5.02. The van der Waals surface area contributed by atoms with Gasteiger partial charge >= 0.3 is 5.97 Å². The summed E-state index contributed by atoms with van der Waals surface area (Å²) in [6, 6.07) is 15.0. The third-order valence-electron chi connectivity index (χ3n) is 3.53. The van der Waals surface area contributed by atoms with Crippen molar-refractivity contribution in [2.45, 2.75) is 6.04 Å². The molecule has 23 heavy (non-hydrogen) atoms. The van der Waals surface area contributed by atoms with Crippen LogP contribution in [0.15, 0.2) is 48.5 Å². The molecule has 0 aliphatic carbocycles. The Kier molecular flexibility index (Phi) is 3.69. The van der Waals surface area contributed by atoms with E-state index in [4.69, 9.17) is 9.84 Å². The molecule has 1 aliphatic heterocycles. The fraction of sp³-hybridized carbons (Fsp3) is 0.118. The molecule has 1 atom stereocenters. The Labute approximate surface area is 132 Å². The molecule has 6 nitrogen and oxygen atoms in total. The van der Waals surface area contributed by atoms with Crippen molar-refractivity contribution in [3.05, 3.63) is 59.7 Å². The van der Waals surface area contributed by atoms with Crippen LogP contribution in [0.25, 0.3) is 0 Å². The number of benzene rings is 2. The van der Waals surface area contributed by atoms with E-state index in [2.05, 4.69) is 0 Å². The molecule has 0 fully saturated rings. The van der Waals surface area contributed by atoms with E-state index in [-0.39, 0.29) is 0 Å². The maximum Gasteiger partial charge on any atom is 0.323 e.